The van der Waals surface area contributed by atoms with Gasteiger partial charge in [0.2, 0.25) is 0 Å². The Labute approximate surface area is 117 Å². The van der Waals surface area contributed by atoms with E-state index in [-0.39, 0.29) is 18.7 Å². The molecule has 7 heteroatoms. The molecule has 2 aliphatic rings. The number of aromatic nitrogens is 2. The van der Waals surface area contributed by atoms with Gasteiger partial charge in [0.15, 0.2) is 0 Å². The smallest absolute Gasteiger partial charge is 0.317 e. The Morgan fingerprint density at radius 3 is 3.15 bits per heavy atom. The summed E-state index contributed by atoms with van der Waals surface area (Å²) in [6.07, 6.45) is 2.61. The molecule has 2 heterocycles. The molecule has 1 fully saturated rings. The number of hydrogen-bond acceptors (Lipinski definition) is 4. The van der Waals surface area contributed by atoms with E-state index in [1.807, 2.05) is 0 Å². The number of aliphatic hydroxyl groups excluding tert-OH is 1. The summed E-state index contributed by atoms with van der Waals surface area (Å²) in [7, 11) is 1.73. The van der Waals surface area contributed by atoms with Crippen molar-refractivity contribution >= 4 is 6.03 Å². The monoisotopic (exact) mass is 280 g/mol. The molecule has 3 N–H and O–H groups in total. The van der Waals surface area contributed by atoms with Gasteiger partial charge in [-0.15, -0.1) is 0 Å². The van der Waals surface area contributed by atoms with Crippen molar-refractivity contribution in [3.63, 3.8) is 0 Å². The van der Waals surface area contributed by atoms with E-state index >= 15 is 0 Å². The molecule has 1 aromatic rings. The number of amides is 2. The standard InChI is InChI=1S/C13H20N4O3/c1-17(13(19)14-11-6-20-7-12(11)18)5-10-8-3-2-4-9(8)15-16-10/h11-12,18H,2-7H2,1H3,(H,14,19)(H,15,16)/t11-,12-/m0/s1. The quantitative estimate of drug-likeness (QED) is 0.715. The van der Waals surface area contributed by atoms with Gasteiger partial charge in [-0.1, -0.05) is 0 Å². The van der Waals surface area contributed by atoms with Crippen molar-refractivity contribution in [1.29, 1.82) is 0 Å². The van der Waals surface area contributed by atoms with Gasteiger partial charge in [0.1, 0.15) is 0 Å². The Balaban J connectivity index is 1.58. The molecule has 0 saturated carbocycles. The predicted molar refractivity (Wildman–Crippen MR) is 71.2 cm³/mol. The molecule has 20 heavy (non-hydrogen) atoms. The summed E-state index contributed by atoms with van der Waals surface area (Å²) in [5.74, 6) is 0. The largest absolute Gasteiger partial charge is 0.388 e. The molecule has 1 aromatic heterocycles. The van der Waals surface area contributed by atoms with Gasteiger partial charge in [0.05, 0.1) is 37.6 Å². The summed E-state index contributed by atoms with van der Waals surface area (Å²) in [5, 5.41) is 19.7. The number of ether oxygens (including phenoxy) is 1. The molecule has 0 spiro atoms. The van der Waals surface area contributed by atoms with Crippen molar-refractivity contribution < 1.29 is 14.6 Å². The topological polar surface area (TPSA) is 90.5 Å². The lowest BCUT2D eigenvalue weighted by Gasteiger charge is -2.21. The molecular weight excluding hydrogens is 260 g/mol. The second-order valence-corrected chi connectivity index (χ2v) is 5.50. The average molecular weight is 280 g/mol. The maximum atomic E-state index is 12.1. The first-order valence-corrected chi connectivity index (χ1v) is 6.97. The number of nitrogens with one attached hydrogen (secondary N) is 2. The van der Waals surface area contributed by atoms with Crippen molar-refractivity contribution in [2.75, 3.05) is 20.3 Å². The van der Waals surface area contributed by atoms with Crippen molar-refractivity contribution in [2.24, 2.45) is 0 Å². The number of H-pyrrole nitrogens is 1. The number of hydrogen-bond donors (Lipinski definition) is 3. The zero-order valence-corrected chi connectivity index (χ0v) is 11.6. The third-order valence-corrected chi connectivity index (χ3v) is 3.98. The number of rotatable bonds is 3. The Morgan fingerprint density at radius 1 is 1.55 bits per heavy atom. The van der Waals surface area contributed by atoms with E-state index in [1.165, 1.54) is 11.3 Å². The van der Waals surface area contributed by atoms with Crippen LogP contribution in [0.1, 0.15) is 23.4 Å². The first-order chi connectivity index (χ1) is 9.65. The lowest BCUT2D eigenvalue weighted by atomic mass is 10.2. The average Bonchev–Trinajstić information content (AvgIpc) is 3.10. The second-order valence-electron chi connectivity index (χ2n) is 5.50. The molecule has 7 nitrogen and oxygen atoms in total. The van der Waals surface area contributed by atoms with Gasteiger partial charge in [-0.25, -0.2) is 4.79 Å². The third kappa shape index (κ3) is 2.51. The highest BCUT2D eigenvalue weighted by Crippen LogP contribution is 2.23. The normalized spacial score (nSPS) is 24.7. The lowest BCUT2D eigenvalue weighted by molar-refractivity contribution is 0.121. The number of aromatic amines is 1. The van der Waals surface area contributed by atoms with Crippen LogP contribution in [0.5, 0.6) is 0 Å². The van der Waals surface area contributed by atoms with Gasteiger partial charge in [-0.2, -0.15) is 5.10 Å². The van der Waals surface area contributed by atoms with Crippen molar-refractivity contribution in [3.05, 3.63) is 17.0 Å². The summed E-state index contributed by atoms with van der Waals surface area (Å²) < 4.78 is 5.12. The minimum absolute atomic E-state index is 0.214. The molecule has 1 aliphatic heterocycles. The predicted octanol–water partition coefficient (Wildman–Crippen LogP) is -0.200. The van der Waals surface area contributed by atoms with Gasteiger partial charge < -0.3 is 20.1 Å². The highest BCUT2D eigenvalue weighted by molar-refractivity contribution is 5.74. The van der Waals surface area contributed by atoms with Crippen LogP contribution in [-0.2, 0) is 24.1 Å². The minimum atomic E-state index is -0.623. The van der Waals surface area contributed by atoms with E-state index in [9.17, 15) is 9.90 Å². The number of nitrogens with zero attached hydrogens (tertiary/aromatic N) is 2. The maximum absolute atomic E-state index is 12.1. The van der Waals surface area contributed by atoms with Gasteiger partial charge in [-0.3, -0.25) is 5.10 Å². The van der Waals surface area contributed by atoms with E-state index in [4.69, 9.17) is 4.74 Å². The van der Waals surface area contributed by atoms with Crippen LogP contribution in [0, 0.1) is 0 Å². The van der Waals surface area contributed by atoms with Crippen LogP contribution in [0.2, 0.25) is 0 Å². The fourth-order valence-corrected chi connectivity index (χ4v) is 2.76. The van der Waals surface area contributed by atoms with E-state index in [0.29, 0.717) is 13.2 Å². The summed E-state index contributed by atoms with van der Waals surface area (Å²) >= 11 is 0. The Bertz CT molecular complexity index is 502. The van der Waals surface area contributed by atoms with Crippen molar-refractivity contribution in [2.45, 2.75) is 38.0 Å². The lowest BCUT2D eigenvalue weighted by Crippen LogP contribution is -2.47. The number of carbonyl (C=O) groups excluding carboxylic acids is 1. The fourth-order valence-electron chi connectivity index (χ4n) is 2.76. The van der Waals surface area contributed by atoms with Crippen molar-refractivity contribution in [3.8, 4) is 0 Å². The Morgan fingerprint density at radius 2 is 2.40 bits per heavy atom. The van der Waals surface area contributed by atoms with Gasteiger partial charge in [0.25, 0.3) is 0 Å². The zero-order chi connectivity index (χ0) is 14.1. The number of fused-ring (bicyclic) bond motifs is 1. The second kappa shape index (κ2) is 5.41. The van der Waals surface area contributed by atoms with Gasteiger partial charge in [-0.05, 0) is 24.8 Å². The van der Waals surface area contributed by atoms with Crippen LogP contribution < -0.4 is 5.32 Å². The molecule has 0 bridgehead atoms. The van der Waals surface area contributed by atoms with Gasteiger partial charge in [0, 0.05) is 12.7 Å². The number of carbonyl (C=O) groups is 1. The molecule has 110 valence electrons. The molecule has 1 aliphatic carbocycles. The molecule has 0 aromatic carbocycles. The molecule has 1 saturated heterocycles. The van der Waals surface area contributed by atoms with E-state index in [0.717, 1.165) is 25.0 Å². The molecule has 2 amide bonds. The third-order valence-electron chi connectivity index (χ3n) is 3.98. The van der Waals surface area contributed by atoms with Crippen molar-refractivity contribution in [1.82, 2.24) is 20.4 Å². The van der Waals surface area contributed by atoms with Crippen LogP contribution in [-0.4, -0.2) is 58.6 Å². The fraction of sp³-hybridized carbons (Fsp3) is 0.692. The summed E-state index contributed by atoms with van der Waals surface area (Å²) in [4.78, 5) is 13.7. The van der Waals surface area contributed by atoms with Crippen LogP contribution in [0.3, 0.4) is 0 Å². The van der Waals surface area contributed by atoms with E-state index < -0.39 is 6.10 Å². The van der Waals surface area contributed by atoms with Gasteiger partial charge >= 0.3 is 6.03 Å². The first-order valence-electron chi connectivity index (χ1n) is 6.97. The molecule has 3 rings (SSSR count). The SMILES string of the molecule is CN(Cc1n[nH]c2c1CCC2)C(=O)N[C@H]1COC[C@@H]1O. The number of aliphatic hydroxyl groups is 1. The molecule has 0 unspecified atom stereocenters. The van der Waals surface area contributed by atoms with Crippen LogP contribution in [0.4, 0.5) is 4.79 Å². The first kappa shape index (κ1) is 13.4. The Kier molecular flexibility index (Phi) is 3.62. The van der Waals surface area contributed by atoms with Crippen LogP contribution in [0.25, 0.3) is 0 Å². The zero-order valence-electron chi connectivity index (χ0n) is 11.6. The Hall–Kier alpha value is -1.60. The minimum Gasteiger partial charge on any atom is -0.388 e. The highest BCUT2D eigenvalue weighted by atomic mass is 16.5. The molecule has 0 radical (unpaired) electrons. The summed E-state index contributed by atoms with van der Waals surface area (Å²) in [6, 6.07) is -0.538. The molecular formula is C13H20N4O3. The summed E-state index contributed by atoms with van der Waals surface area (Å²) in [5.41, 5.74) is 3.40. The molecule has 2 atom stereocenters. The van der Waals surface area contributed by atoms with E-state index in [2.05, 4.69) is 15.5 Å². The number of urea groups is 1. The summed E-state index contributed by atoms with van der Waals surface area (Å²) in [6.45, 7) is 1.11. The highest BCUT2D eigenvalue weighted by Gasteiger charge is 2.29. The number of aryl methyl sites for hydroxylation is 1. The maximum Gasteiger partial charge on any atom is 0.317 e. The van der Waals surface area contributed by atoms with Crippen LogP contribution >= 0.6 is 0 Å². The van der Waals surface area contributed by atoms with E-state index in [1.54, 1.807) is 11.9 Å². The van der Waals surface area contributed by atoms with Crippen LogP contribution in [0.15, 0.2) is 0 Å².